The molecular weight excluding hydrogens is 182 g/mol. The van der Waals surface area contributed by atoms with Crippen LogP contribution < -0.4 is 5.32 Å². The van der Waals surface area contributed by atoms with Crippen LogP contribution in [-0.2, 0) is 4.79 Å². The lowest BCUT2D eigenvalue weighted by Gasteiger charge is -2.13. The Bertz CT molecular complexity index is 266. The van der Waals surface area contributed by atoms with Crippen molar-refractivity contribution in [3.8, 4) is 0 Å². The van der Waals surface area contributed by atoms with Crippen LogP contribution >= 0.6 is 11.3 Å². The molecule has 72 valence electrons. The summed E-state index contributed by atoms with van der Waals surface area (Å²) in [6.07, 6.45) is 0. The third-order valence-electron chi connectivity index (χ3n) is 1.85. The third-order valence-corrected chi connectivity index (χ3v) is 2.91. The lowest BCUT2D eigenvalue weighted by Crippen LogP contribution is -2.29. The summed E-state index contributed by atoms with van der Waals surface area (Å²) in [5.74, 6) is 0.170. The van der Waals surface area contributed by atoms with Crippen LogP contribution in [0.4, 0.5) is 0 Å². The van der Waals surface area contributed by atoms with Gasteiger partial charge in [-0.2, -0.15) is 0 Å². The quantitative estimate of drug-likeness (QED) is 0.792. The smallest absolute Gasteiger partial charge is 0.223 e. The summed E-state index contributed by atoms with van der Waals surface area (Å²) in [4.78, 5) is 12.5. The minimum absolute atomic E-state index is 0.0578. The topological polar surface area (TPSA) is 29.1 Å². The second-order valence-electron chi connectivity index (χ2n) is 3.40. The first-order chi connectivity index (χ1) is 6.11. The lowest BCUT2D eigenvalue weighted by molar-refractivity contribution is -0.124. The fraction of sp³-hybridized carbons (Fsp3) is 0.500. The Hall–Kier alpha value is -0.830. The molecule has 0 spiro atoms. The normalized spacial score (nSPS) is 12.9. The van der Waals surface area contributed by atoms with Gasteiger partial charge in [-0.1, -0.05) is 19.9 Å². The van der Waals surface area contributed by atoms with Crippen molar-refractivity contribution in [1.29, 1.82) is 0 Å². The highest BCUT2D eigenvalue weighted by Gasteiger charge is 2.12. The first kappa shape index (κ1) is 10.3. The van der Waals surface area contributed by atoms with E-state index in [4.69, 9.17) is 0 Å². The van der Waals surface area contributed by atoms with Gasteiger partial charge in [-0.25, -0.2) is 0 Å². The summed E-state index contributed by atoms with van der Waals surface area (Å²) in [7, 11) is 0. The van der Waals surface area contributed by atoms with Crippen molar-refractivity contribution in [1.82, 2.24) is 5.32 Å². The molecule has 1 atom stereocenters. The number of carbonyl (C=O) groups is 1. The monoisotopic (exact) mass is 197 g/mol. The molecule has 2 nitrogen and oxygen atoms in total. The molecule has 1 heterocycles. The Kier molecular flexibility index (Phi) is 3.48. The molecule has 1 aromatic heterocycles. The molecule has 0 aliphatic carbocycles. The molecule has 0 saturated carbocycles. The SMILES string of the molecule is CC(C)C(=O)N[C@@H](C)c1cccs1. The maximum Gasteiger partial charge on any atom is 0.223 e. The van der Waals surface area contributed by atoms with Crippen molar-refractivity contribution in [3.05, 3.63) is 22.4 Å². The van der Waals surface area contributed by atoms with Crippen LogP contribution in [0.3, 0.4) is 0 Å². The average Bonchev–Trinajstić information content (AvgIpc) is 2.55. The molecule has 0 radical (unpaired) electrons. The van der Waals surface area contributed by atoms with E-state index in [0.717, 1.165) is 0 Å². The maximum absolute atomic E-state index is 11.3. The highest BCUT2D eigenvalue weighted by atomic mass is 32.1. The Morgan fingerprint density at radius 2 is 2.15 bits per heavy atom. The van der Waals surface area contributed by atoms with Crippen molar-refractivity contribution in [3.63, 3.8) is 0 Å². The Morgan fingerprint density at radius 3 is 2.62 bits per heavy atom. The van der Waals surface area contributed by atoms with Crippen LogP contribution in [0.15, 0.2) is 17.5 Å². The fourth-order valence-corrected chi connectivity index (χ4v) is 1.72. The fourth-order valence-electron chi connectivity index (χ4n) is 0.989. The molecule has 1 rings (SSSR count). The van der Waals surface area contributed by atoms with Gasteiger partial charge in [-0.05, 0) is 18.4 Å². The van der Waals surface area contributed by atoms with Gasteiger partial charge in [-0.3, -0.25) is 4.79 Å². The summed E-state index contributed by atoms with van der Waals surface area (Å²) < 4.78 is 0. The van der Waals surface area contributed by atoms with E-state index in [0.29, 0.717) is 0 Å². The van der Waals surface area contributed by atoms with Gasteiger partial charge in [0.05, 0.1) is 6.04 Å². The van der Waals surface area contributed by atoms with Crippen LogP contribution in [0.2, 0.25) is 0 Å². The van der Waals surface area contributed by atoms with Gasteiger partial charge in [0.25, 0.3) is 0 Å². The highest BCUT2D eigenvalue weighted by molar-refractivity contribution is 7.10. The van der Waals surface area contributed by atoms with Gasteiger partial charge < -0.3 is 5.32 Å². The number of amides is 1. The van der Waals surface area contributed by atoms with Gasteiger partial charge in [0.1, 0.15) is 0 Å². The third kappa shape index (κ3) is 2.84. The number of carbonyl (C=O) groups excluding carboxylic acids is 1. The Morgan fingerprint density at radius 1 is 1.46 bits per heavy atom. The van der Waals surface area contributed by atoms with Crippen molar-refractivity contribution in [2.24, 2.45) is 5.92 Å². The maximum atomic E-state index is 11.3. The van der Waals surface area contributed by atoms with Crippen molar-refractivity contribution in [2.45, 2.75) is 26.8 Å². The summed E-state index contributed by atoms with van der Waals surface area (Å²) in [5.41, 5.74) is 0. The van der Waals surface area contributed by atoms with Gasteiger partial charge in [0.2, 0.25) is 5.91 Å². The minimum Gasteiger partial charge on any atom is -0.349 e. The van der Waals surface area contributed by atoms with Gasteiger partial charge in [-0.15, -0.1) is 11.3 Å². The van der Waals surface area contributed by atoms with Gasteiger partial charge in [0.15, 0.2) is 0 Å². The van der Waals surface area contributed by atoms with Crippen molar-refractivity contribution in [2.75, 3.05) is 0 Å². The predicted molar refractivity (Wildman–Crippen MR) is 55.7 cm³/mol. The Labute approximate surface area is 83.0 Å². The zero-order valence-electron chi connectivity index (χ0n) is 8.20. The van der Waals surface area contributed by atoms with Crippen LogP contribution in [0.1, 0.15) is 31.7 Å². The molecule has 0 saturated heterocycles. The average molecular weight is 197 g/mol. The van der Waals surface area contributed by atoms with Crippen molar-refractivity contribution < 1.29 is 4.79 Å². The highest BCUT2D eigenvalue weighted by Crippen LogP contribution is 2.18. The summed E-state index contributed by atoms with van der Waals surface area (Å²) >= 11 is 1.67. The Balaban J connectivity index is 2.51. The van der Waals surface area contributed by atoms with E-state index >= 15 is 0 Å². The van der Waals surface area contributed by atoms with Crippen LogP contribution in [0.25, 0.3) is 0 Å². The van der Waals surface area contributed by atoms with E-state index in [9.17, 15) is 4.79 Å². The largest absolute Gasteiger partial charge is 0.349 e. The van der Waals surface area contributed by atoms with Crippen LogP contribution in [0.5, 0.6) is 0 Å². The molecule has 0 fully saturated rings. The molecule has 0 aliphatic rings. The number of thiophene rings is 1. The summed E-state index contributed by atoms with van der Waals surface area (Å²) in [5, 5.41) is 4.97. The van der Waals surface area contributed by atoms with Crippen molar-refractivity contribution >= 4 is 17.2 Å². The molecule has 0 bridgehead atoms. The lowest BCUT2D eigenvalue weighted by atomic mass is 10.2. The van der Waals surface area contributed by atoms with E-state index in [-0.39, 0.29) is 17.9 Å². The molecule has 1 amide bonds. The second-order valence-corrected chi connectivity index (χ2v) is 4.38. The molecule has 1 aromatic rings. The molecule has 0 aliphatic heterocycles. The van der Waals surface area contributed by atoms with Crippen LogP contribution in [0, 0.1) is 5.92 Å². The number of hydrogen-bond acceptors (Lipinski definition) is 2. The van der Waals surface area contributed by atoms with E-state index in [2.05, 4.69) is 5.32 Å². The van der Waals surface area contributed by atoms with Crippen LogP contribution in [-0.4, -0.2) is 5.91 Å². The first-order valence-corrected chi connectivity index (χ1v) is 5.33. The van der Waals surface area contributed by atoms with E-state index in [1.54, 1.807) is 11.3 Å². The number of hydrogen-bond donors (Lipinski definition) is 1. The summed E-state index contributed by atoms with van der Waals surface area (Å²) in [6.45, 7) is 5.80. The first-order valence-electron chi connectivity index (χ1n) is 4.45. The van der Waals surface area contributed by atoms with Gasteiger partial charge in [0, 0.05) is 10.8 Å². The van der Waals surface area contributed by atoms with E-state index in [1.807, 2.05) is 38.3 Å². The predicted octanol–water partition coefficient (Wildman–Crippen LogP) is 2.58. The van der Waals surface area contributed by atoms with Gasteiger partial charge >= 0.3 is 0 Å². The molecule has 1 N–H and O–H groups in total. The summed E-state index contributed by atoms with van der Waals surface area (Å²) in [6, 6.07) is 4.17. The molecule has 0 unspecified atom stereocenters. The number of rotatable bonds is 3. The second kappa shape index (κ2) is 4.42. The zero-order valence-corrected chi connectivity index (χ0v) is 9.02. The standard InChI is InChI=1S/C10H15NOS/c1-7(2)10(12)11-8(3)9-5-4-6-13-9/h4-8H,1-3H3,(H,11,12)/t8-/m0/s1. The minimum atomic E-state index is 0.0578. The zero-order chi connectivity index (χ0) is 9.84. The number of nitrogens with one attached hydrogen (secondary N) is 1. The molecule has 3 heteroatoms. The molecule has 0 aromatic carbocycles. The molecule has 13 heavy (non-hydrogen) atoms. The van der Waals surface area contributed by atoms with E-state index < -0.39 is 0 Å². The van der Waals surface area contributed by atoms with E-state index in [1.165, 1.54) is 4.88 Å². The molecular formula is C10H15NOS.